The van der Waals surface area contributed by atoms with E-state index in [1.54, 1.807) is 0 Å². The smallest absolute Gasteiger partial charge is 0.255 e. The molecule has 3 N–H and O–H groups in total. The van der Waals surface area contributed by atoms with Crippen molar-refractivity contribution in [2.75, 3.05) is 13.7 Å². The van der Waals surface area contributed by atoms with Gasteiger partial charge in [-0.2, -0.15) is 0 Å². The van der Waals surface area contributed by atoms with E-state index in [1.807, 2.05) is 13.8 Å². The molecule has 0 heterocycles. The molecule has 0 unspecified atom stereocenters. The largest absolute Gasteiger partial charge is 0.496 e. The summed E-state index contributed by atoms with van der Waals surface area (Å²) in [5, 5.41) is 2.89. The van der Waals surface area contributed by atoms with Gasteiger partial charge in [-0.05, 0) is 31.0 Å². The molecule has 0 aliphatic heterocycles. The molecule has 0 saturated heterocycles. The summed E-state index contributed by atoms with van der Waals surface area (Å²) in [5.74, 6) is -0.500. The normalized spacial score (nSPS) is 11.2. The maximum atomic E-state index is 13.3. The molecule has 1 rings (SSSR count). The van der Waals surface area contributed by atoms with Crippen molar-refractivity contribution in [3.05, 3.63) is 29.6 Å². The van der Waals surface area contributed by atoms with Crippen LogP contribution in [0, 0.1) is 5.82 Å². The number of carbonyl (C=O) groups is 1. The van der Waals surface area contributed by atoms with Gasteiger partial charge in [0.25, 0.3) is 5.91 Å². The Bertz CT molecular complexity index is 437. The second-order valence-corrected chi connectivity index (χ2v) is 4.49. The van der Waals surface area contributed by atoms with Crippen molar-refractivity contribution in [1.82, 2.24) is 5.32 Å². The minimum atomic E-state index is -0.475. The van der Waals surface area contributed by atoms with E-state index >= 15 is 0 Å². The van der Waals surface area contributed by atoms with E-state index < -0.39 is 11.4 Å². The standard InChI is InChI=1S/C14H21FN2O2/c1-4-14(5-2,9-16)17-13(18)11-8-10(15)6-7-12(11)19-3/h6-8H,4-5,9,16H2,1-3H3,(H,17,18). The molecule has 4 nitrogen and oxygen atoms in total. The lowest BCUT2D eigenvalue weighted by molar-refractivity contribution is 0.0891. The summed E-state index contributed by atoms with van der Waals surface area (Å²) in [7, 11) is 1.44. The van der Waals surface area contributed by atoms with Crippen LogP contribution in [0.3, 0.4) is 0 Å². The van der Waals surface area contributed by atoms with Gasteiger partial charge in [-0.3, -0.25) is 4.79 Å². The van der Waals surface area contributed by atoms with Crippen LogP contribution in [-0.4, -0.2) is 25.1 Å². The molecule has 0 aromatic heterocycles. The minimum Gasteiger partial charge on any atom is -0.496 e. The number of nitrogens with one attached hydrogen (secondary N) is 1. The number of methoxy groups -OCH3 is 1. The summed E-state index contributed by atoms with van der Waals surface area (Å²) in [6.45, 7) is 4.25. The van der Waals surface area contributed by atoms with Crippen molar-refractivity contribution in [3.8, 4) is 5.75 Å². The number of carbonyl (C=O) groups excluding carboxylic acids is 1. The van der Waals surface area contributed by atoms with Gasteiger partial charge in [0, 0.05) is 6.54 Å². The van der Waals surface area contributed by atoms with Crippen LogP contribution in [0.1, 0.15) is 37.0 Å². The molecule has 0 aliphatic rings. The predicted molar refractivity (Wildman–Crippen MR) is 72.8 cm³/mol. The van der Waals surface area contributed by atoms with E-state index in [1.165, 1.54) is 25.3 Å². The van der Waals surface area contributed by atoms with Crippen molar-refractivity contribution in [2.24, 2.45) is 5.73 Å². The number of ether oxygens (including phenoxy) is 1. The summed E-state index contributed by atoms with van der Waals surface area (Å²) >= 11 is 0. The third-order valence-electron chi connectivity index (χ3n) is 3.53. The van der Waals surface area contributed by atoms with Gasteiger partial charge in [0.05, 0.1) is 18.2 Å². The highest BCUT2D eigenvalue weighted by atomic mass is 19.1. The zero-order valence-electron chi connectivity index (χ0n) is 11.6. The van der Waals surface area contributed by atoms with Crippen LogP contribution in [0.2, 0.25) is 0 Å². The number of benzene rings is 1. The Kier molecular flexibility index (Phi) is 5.30. The first kappa shape index (κ1) is 15.4. The third kappa shape index (κ3) is 3.44. The van der Waals surface area contributed by atoms with Crippen molar-refractivity contribution >= 4 is 5.91 Å². The second-order valence-electron chi connectivity index (χ2n) is 4.49. The molecule has 0 bridgehead atoms. The maximum absolute atomic E-state index is 13.3. The average Bonchev–Trinajstić information content (AvgIpc) is 2.44. The fraction of sp³-hybridized carbons (Fsp3) is 0.500. The summed E-state index contributed by atoms with van der Waals surface area (Å²) in [6, 6.07) is 3.86. The Hall–Kier alpha value is -1.62. The van der Waals surface area contributed by atoms with E-state index in [2.05, 4.69) is 5.32 Å². The number of amides is 1. The molecule has 19 heavy (non-hydrogen) atoms. The highest BCUT2D eigenvalue weighted by molar-refractivity contribution is 5.97. The minimum absolute atomic E-state index is 0.183. The van der Waals surface area contributed by atoms with Crippen molar-refractivity contribution < 1.29 is 13.9 Å². The quantitative estimate of drug-likeness (QED) is 0.830. The molecular formula is C14H21FN2O2. The fourth-order valence-corrected chi connectivity index (χ4v) is 1.93. The van der Waals surface area contributed by atoms with Crippen molar-refractivity contribution in [1.29, 1.82) is 0 Å². The average molecular weight is 268 g/mol. The van der Waals surface area contributed by atoms with Gasteiger partial charge in [-0.15, -0.1) is 0 Å². The van der Waals surface area contributed by atoms with Gasteiger partial charge in [-0.25, -0.2) is 4.39 Å². The first-order valence-electron chi connectivity index (χ1n) is 6.38. The van der Waals surface area contributed by atoms with Crippen LogP contribution in [0.15, 0.2) is 18.2 Å². The van der Waals surface area contributed by atoms with Crippen LogP contribution in [0.25, 0.3) is 0 Å². The van der Waals surface area contributed by atoms with Crippen LogP contribution in [0.5, 0.6) is 5.75 Å². The van der Waals surface area contributed by atoms with Gasteiger partial charge in [0.1, 0.15) is 11.6 Å². The molecule has 1 aromatic rings. The van der Waals surface area contributed by atoms with Gasteiger partial charge in [0.2, 0.25) is 0 Å². The first-order chi connectivity index (χ1) is 9.01. The molecule has 1 amide bonds. The maximum Gasteiger partial charge on any atom is 0.255 e. The predicted octanol–water partition coefficient (Wildman–Crippen LogP) is 2.08. The van der Waals surface area contributed by atoms with Gasteiger partial charge in [0.15, 0.2) is 0 Å². The lowest BCUT2D eigenvalue weighted by Gasteiger charge is -2.31. The van der Waals surface area contributed by atoms with Crippen molar-refractivity contribution in [3.63, 3.8) is 0 Å². The summed E-state index contributed by atoms with van der Waals surface area (Å²) in [4.78, 5) is 12.3. The van der Waals surface area contributed by atoms with E-state index in [0.717, 1.165) is 0 Å². The van der Waals surface area contributed by atoms with E-state index in [4.69, 9.17) is 10.5 Å². The fourth-order valence-electron chi connectivity index (χ4n) is 1.93. The molecule has 5 heteroatoms. The summed E-state index contributed by atoms with van der Waals surface area (Å²) in [6.07, 6.45) is 1.42. The number of halogens is 1. The Morgan fingerprint density at radius 2 is 2.05 bits per heavy atom. The summed E-state index contributed by atoms with van der Waals surface area (Å²) < 4.78 is 18.3. The van der Waals surface area contributed by atoms with Crippen LogP contribution in [0.4, 0.5) is 4.39 Å². The van der Waals surface area contributed by atoms with Crippen LogP contribution in [-0.2, 0) is 0 Å². The van der Waals surface area contributed by atoms with Gasteiger partial charge in [-0.1, -0.05) is 13.8 Å². The number of hydrogen-bond donors (Lipinski definition) is 2. The lowest BCUT2D eigenvalue weighted by atomic mass is 9.92. The Morgan fingerprint density at radius 3 is 2.53 bits per heavy atom. The molecule has 0 aliphatic carbocycles. The molecule has 0 fully saturated rings. The summed E-state index contributed by atoms with van der Waals surface area (Å²) in [5.41, 5.74) is 5.45. The highest BCUT2D eigenvalue weighted by Crippen LogP contribution is 2.21. The van der Waals surface area contributed by atoms with Crippen molar-refractivity contribution in [2.45, 2.75) is 32.2 Å². The number of hydrogen-bond acceptors (Lipinski definition) is 3. The van der Waals surface area contributed by atoms with E-state index in [0.29, 0.717) is 25.1 Å². The zero-order chi connectivity index (χ0) is 14.5. The topological polar surface area (TPSA) is 64.3 Å². The number of rotatable bonds is 6. The van der Waals surface area contributed by atoms with E-state index in [-0.39, 0.29) is 11.5 Å². The third-order valence-corrected chi connectivity index (χ3v) is 3.53. The highest BCUT2D eigenvalue weighted by Gasteiger charge is 2.28. The molecule has 0 saturated carbocycles. The number of nitrogens with two attached hydrogens (primary N) is 1. The monoisotopic (exact) mass is 268 g/mol. The molecule has 0 spiro atoms. The van der Waals surface area contributed by atoms with Crippen LogP contribution >= 0.6 is 0 Å². The van der Waals surface area contributed by atoms with Gasteiger partial charge >= 0.3 is 0 Å². The Morgan fingerprint density at radius 1 is 1.42 bits per heavy atom. The Labute approximate surface area is 113 Å². The Balaban J connectivity index is 3.03. The molecule has 0 radical (unpaired) electrons. The zero-order valence-corrected chi connectivity index (χ0v) is 11.6. The second kappa shape index (κ2) is 6.52. The molecule has 1 aromatic carbocycles. The first-order valence-corrected chi connectivity index (χ1v) is 6.38. The molecule has 0 atom stereocenters. The van der Waals surface area contributed by atoms with Crippen LogP contribution < -0.4 is 15.8 Å². The SMILES string of the molecule is CCC(CC)(CN)NC(=O)c1cc(F)ccc1OC. The lowest BCUT2D eigenvalue weighted by Crippen LogP contribution is -2.52. The van der Waals surface area contributed by atoms with E-state index in [9.17, 15) is 9.18 Å². The van der Waals surface area contributed by atoms with Gasteiger partial charge < -0.3 is 15.8 Å². The molecule has 106 valence electrons. The molecular weight excluding hydrogens is 247 g/mol.